The highest BCUT2D eigenvalue weighted by molar-refractivity contribution is 8.02. The highest BCUT2D eigenvalue weighted by atomic mass is 32.2. The molecule has 0 aliphatic carbocycles. The summed E-state index contributed by atoms with van der Waals surface area (Å²) >= 11 is 1.79. The van der Waals surface area contributed by atoms with Gasteiger partial charge in [-0.25, -0.2) is 0 Å². The minimum atomic E-state index is -0.220. The van der Waals surface area contributed by atoms with Crippen LogP contribution in [0.3, 0.4) is 0 Å². The molecule has 10 heavy (non-hydrogen) atoms. The van der Waals surface area contributed by atoms with E-state index in [2.05, 4.69) is 17.2 Å². The van der Waals surface area contributed by atoms with Crippen LogP contribution in [0.15, 0.2) is 11.1 Å². The second-order valence-corrected chi connectivity index (χ2v) is 3.45. The average molecular weight is 159 g/mol. The van der Waals surface area contributed by atoms with E-state index < -0.39 is 0 Å². The number of rotatable bonds is 2. The molecule has 58 valence electrons. The van der Waals surface area contributed by atoms with Gasteiger partial charge in [-0.15, -0.1) is 11.8 Å². The summed E-state index contributed by atoms with van der Waals surface area (Å²) in [6.45, 7) is 4.65. The number of thioether (sulfide) groups is 1. The number of hydrogen-bond donors (Lipinski definition) is 1. The Morgan fingerprint density at radius 3 is 3.00 bits per heavy atom. The number of aliphatic hydroxyl groups is 1. The molecule has 1 atom stereocenters. The van der Waals surface area contributed by atoms with Crippen molar-refractivity contribution in [2.75, 3.05) is 12.4 Å². The maximum absolute atomic E-state index is 9.05. The Kier molecular flexibility index (Phi) is 2.63. The van der Waals surface area contributed by atoms with Gasteiger partial charge < -0.3 is 10.0 Å². The van der Waals surface area contributed by atoms with Gasteiger partial charge in [-0.2, -0.15) is 0 Å². The monoisotopic (exact) mass is 159 g/mol. The van der Waals surface area contributed by atoms with Gasteiger partial charge in [0.25, 0.3) is 0 Å². The molecule has 2 nitrogen and oxygen atoms in total. The molecule has 0 saturated heterocycles. The van der Waals surface area contributed by atoms with Crippen LogP contribution < -0.4 is 0 Å². The fourth-order valence-corrected chi connectivity index (χ4v) is 1.89. The zero-order valence-corrected chi connectivity index (χ0v) is 7.19. The molecule has 0 radical (unpaired) electrons. The molecule has 0 amide bonds. The molecule has 0 fully saturated rings. The van der Waals surface area contributed by atoms with Gasteiger partial charge in [0.2, 0.25) is 0 Å². The van der Waals surface area contributed by atoms with Crippen LogP contribution in [0.5, 0.6) is 0 Å². The molecule has 0 aromatic heterocycles. The lowest BCUT2D eigenvalue weighted by Gasteiger charge is -2.20. The molecule has 0 spiro atoms. The van der Waals surface area contributed by atoms with Crippen LogP contribution in [0.4, 0.5) is 0 Å². The number of hydrogen-bond acceptors (Lipinski definition) is 3. The molecule has 1 N–H and O–H groups in total. The number of nitrogens with zero attached hydrogens (tertiary/aromatic N) is 1. The standard InChI is InChI=1S/C7H13NOS/c1-6-4-10-5-8(6)3-7(2)9/h4,7,9H,3,5H2,1-2H3. The summed E-state index contributed by atoms with van der Waals surface area (Å²) in [6, 6.07) is 0. The Bertz CT molecular complexity index is 145. The first-order valence-corrected chi connectivity index (χ1v) is 4.46. The smallest absolute Gasteiger partial charge is 0.0687 e. The van der Waals surface area contributed by atoms with E-state index in [0.717, 1.165) is 12.4 Å². The summed E-state index contributed by atoms with van der Waals surface area (Å²) in [6.07, 6.45) is -0.220. The van der Waals surface area contributed by atoms with E-state index in [1.165, 1.54) is 5.70 Å². The molecule has 1 rings (SSSR count). The van der Waals surface area contributed by atoms with E-state index >= 15 is 0 Å². The number of β-amino-alcohol motifs (C(OH)–C–C–N with tert-alkyl or cyclic N) is 1. The lowest BCUT2D eigenvalue weighted by molar-refractivity contribution is 0.155. The van der Waals surface area contributed by atoms with Crippen LogP contribution in [0.1, 0.15) is 13.8 Å². The molecule has 1 heterocycles. The first-order valence-electron chi connectivity index (χ1n) is 3.41. The quantitative estimate of drug-likeness (QED) is 0.655. The van der Waals surface area contributed by atoms with E-state index in [-0.39, 0.29) is 6.10 Å². The first kappa shape index (κ1) is 7.95. The predicted octanol–water partition coefficient (Wildman–Crippen LogP) is 1.23. The average Bonchev–Trinajstić information content (AvgIpc) is 2.15. The minimum Gasteiger partial charge on any atom is -0.392 e. The van der Waals surface area contributed by atoms with Crippen molar-refractivity contribution in [3.63, 3.8) is 0 Å². The second kappa shape index (κ2) is 3.30. The van der Waals surface area contributed by atoms with Gasteiger partial charge in [0.1, 0.15) is 0 Å². The Labute approximate surface area is 65.9 Å². The van der Waals surface area contributed by atoms with Crippen molar-refractivity contribution < 1.29 is 5.11 Å². The van der Waals surface area contributed by atoms with Gasteiger partial charge in [0.05, 0.1) is 12.0 Å². The van der Waals surface area contributed by atoms with Crippen LogP contribution in [-0.2, 0) is 0 Å². The molecule has 0 aromatic rings. The Hall–Kier alpha value is -0.150. The largest absolute Gasteiger partial charge is 0.392 e. The third-order valence-corrected chi connectivity index (χ3v) is 2.44. The van der Waals surface area contributed by atoms with Crippen molar-refractivity contribution in [1.82, 2.24) is 4.90 Å². The maximum Gasteiger partial charge on any atom is 0.0687 e. The molecular formula is C7H13NOS. The van der Waals surface area contributed by atoms with Crippen molar-refractivity contribution in [2.24, 2.45) is 0 Å². The van der Waals surface area contributed by atoms with Crippen molar-refractivity contribution in [3.05, 3.63) is 11.1 Å². The van der Waals surface area contributed by atoms with Gasteiger partial charge in [0.15, 0.2) is 0 Å². The van der Waals surface area contributed by atoms with E-state index in [9.17, 15) is 0 Å². The SMILES string of the molecule is CC1=CSCN1CC(C)O. The lowest BCUT2D eigenvalue weighted by Crippen LogP contribution is -2.26. The van der Waals surface area contributed by atoms with Crippen LogP contribution in [0, 0.1) is 0 Å². The highest BCUT2D eigenvalue weighted by Gasteiger charge is 2.12. The van der Waals surface area contributed by atoms with E-state index in [1.54, 1.807) is 11.8 Å². The Morgan fingerprint density at radius 2 is 2.60 bits per heavy atom. The number of allylic oxidation sites excluding steroid dienone is 1. The van der Waals surface area contributed by atoms with Gasteiger partial charge in [-0.1, -0.05) is 0 Å². The first-order chi connectivity index (χ1) is 4.70. The molecular weight excluding hydrogens is 146 g/mol. The fraction of sp³-hybridized carbons (Fsp3) is 0.714. The highest BCUT2D eigenvalue weighted by Crippen LogP contribution is 2.21. The number of aliphatic hydroxyl groups excluding tert-OH is 1. The molecule has 0 saturated carbocycles. The van der Waals surface area contributed by atoms with Gasteiger partial charge in [0, 0.05) is 12.2 Å². The normalized spacial score (nSPS) is 21.1. The molecule has 3 heteroatoms. The fourth-order valence-electron chi connectivity index (χ4n) is 0.940. The lowest BCUT2D eigenvalue weighted by atomic mass is 10.3. The van der Waals surface area contributed by atoms with Crippen LogP contribution in [-0.4, -0.2) is 28.5 Å². The summed E-state index contributed by atoms with van der Waals surface area (Å²) in [4.78, 5) is 2.18. The van der Waals surface area contributed by atoms with E-state index in [4.69, 9.17) is 5.11 Å². The van der Waals surface area contributed by atoms with E-state index in [0.29, 0.717) is 0 Å². The van der Waals surface area contributed by atoms with Crippen LogP contribution >= 0.6 is 11.8 Å². The molecule has 1 unspecified atom stereocenters. The molecule has 0 aromatic carbocycles. The van der Waals surface area contributed by atoms with Gasteiger partial charge in [-0.3, -0.25) is 0 Å². The molecule has 0 bridgehead atoms. The van der Waals surface area contributed by atoms with Crippen molar-refractivity contribution in [3.8, 4) is 0 Å². The van der Waals surface area contributed by atoms with Crippen LogP contribution in [0.25, 0.3) is 0 Å². The summed E-state index contributed by atoms with van der Waals surface area (Å²) in [5.41, 5.74) is 1.27. The predicted molar refractivity (Wildman–Crippen MR) is 44.6 cm³/mol. The summed E-state index contributed by atoms with van der Waals surface area (Å²) in [7, 11) is 0. The second-order valence-electron chi connectivity index (χ2n) is 2.63. The van der Waals surface area contributed by atoms with Gasteiger partial charge in [-0.05, 0) is 19.3 Å². The van der Waals surface area contributed by atoms with Crippen molar-refractivity contribution in [2.45, 2.75) is 20.0 Å². The third-order valence-electron chi connectivity index (χ3n) is 1.47. The molecule has 1 aliphatic heterocycles. The summed E-state index contributed by atoms with van der Waals surface area (Å²) in [5, 5.41) is 11.2. The Balaban J connectivity index is 2.35. The van der Waals surface area contributed by atoms with Gasteiger partial charge >= 0.3 is 0 Å². The van der Waals surface area contributed by atoms with Crippen molar-refractivity contribution >= 4 is 11.8 Å². The Morgan fingerprint density at radius 1 is 1.90 bits per heavy atom. The topological polar surface area (TPSA) is 23.5 Å². The maximum atomic E-state index is 9.05. The van der Waals surface area contributed by atoms with Crippen LogP contribution in [0.2, 0.25) is 0 Å². The summed E-state index contributed by atoms with van der Waals surface area (Å²) < 4.78 is 0. The third kappa shape index (κ3) is 1.92. The zero-order valence-electron chi connectivity index (χ0n) is 6.37. The summed E-state index contributed by atoms with van der Waals surface area (Å²) in [5.74, 6) is 0.997. The van der Waals surface area contributed by atoms with E-state index in [1.807, 2.05) is 6.92 Å². The zero-order chi connectivity index (χ0) is 7.56. The minimum absolute atomic E-state index is 0.220. The van der Waals surface area contributed by atoms with Crippen molar-refractivity contribution in [1.29, 1.82) is 0 Å². The molecule has 1 aliphatic rings.